The lowest BCUT2D eigenvalue weighted by atomic mass is 10.2. The van der Waals surface area contributed by atoms with Gasteiger partial charge >= 0.3 is 12.1 Å². The Morgan fingerprint density at radius 3 is 2.25 bits per heavy atom. The molecule has 2 aromatic carbocycles. The van der Waals surface area contributed by atoms with Crippen LogP contribution in [-0.2, 0) is 25.3 Å². The second-order valence-electron chi connectivity index (χ2n) is 6.51. The Morgan fingerprint density at radius 1 is 0.844 bits per heavy atom. The van der Waals surface area contributed by atoms with Crippen molar-refractivity contribution in [3.8, 4) is 0 Å². The fourth-order valence-corrected chi connectivity index (χ4v) is 2.43. The van der Waals surface area contributed by atoms with E-state index in [1.54, 1.807) is 30.3 Å². The Bertz CT molecular complexity index is 965. The molecule has 0 saturated carbocycles. The molecule has 170 valence electrons. The van der Waals surface area contributed by atoms with Crippen molar-refractivity contribution < 1.29 is 37.1 Å². The molecule has 11 heteroatoms. The summed E-state index contributed by atoms with van der Waals surface area (Å²) in [7, 11) is 0. The first kappa shape index (κ1) is 24.4. The molecule has 3 amide bonds. The standard InChI is InChI=1S/C21H20F3N3O5/c22-21(23,24)15-8-4-9-16(12-15)25-18(29)13-32-19(30)11-5-10-17(28)26-27-20(31)14-6-2-1-3-7-14/h1-4,6-9,12H,5,10-11,13H2,(H,25,29)(H,26,28)(H,27,31). The number of hydrazine groups is 1. The zero-order valence-corrected chi connectivity index (χ0v) is 16.7. The quantitative estimate of drug-likeness (QED) is 0.422. The summed E-state index contributed by atoms with van der Waals surface area (Å²) >= 11 is 0. The first-order valence-corrected chi connectivity index (χ1v) is 9.42. The Balaban J connectivity index is 1.63. The number of alkyl halides is 3. The number of amides is 3. The lowest BCUT2D eigenvalue weighted by molar-refractivity contribution is -0.147. The van der Waals surface area contributed by atoms with Crippen molar-refractivity contribution in [2.75, 3.05) is 11.9 Å². The van der Waals surface area contributed by atoms with E-state index < -0.39 is 42.0 Å². The second-order valence-corrected chi connectivity index (χ2v) is 6.51. The Labute approximate surface area is 181 Å². The van der Waals surface area contributed by atoms with Gasteiger partial charge < -0.3 is 10.1 Å². The molecule has 0 saturated heterocycles. The number of ether oxygens (including phenoxy) is 1. The number of esters is 1. The van der Waals surface area contributed by atoms with Gasteiger partial charge in [0.25, 0.3) is 11.8 Å². The van der Waals surface area contributed by atoms with Gasteiger partial charge in [0, 0.05) is 24.1 Å². The first-order valence-electron chi connectivity index (χ1n) is 9.42. The topological polar surface area (TPSA) is 114 Å². The molecule has 8 nitrogen and oxygen atoms in total. The van der Waals surface area contributed by atoms with Crippen LogP contribution in [0, 0.1) is 0 Å². The predicted octanol–water partition coefficient (Wildman–Crippen LogP) is 2.82. The third kappa shape index (κ3) is 8.46. The molecule has 2 rings (SSSR count). The number of benzene rings is 2. The van der Waals surface area contributed by atoms with E-state index in [0.29, 0.717) is 5.56 Å². The normalized spacial score (nSPS) is 10.7. The van der Waals surface area contributed by atoms with Gasteiger partial charge in [-0.3, -0.25) is 30.0 Å². The fourth-order valence-electron chi connectivity index (χ4n) is 2.43. The zero-order chi connectivity index (χ0) is 23.6. The van der Waals surface area contributed by atoms with Crippen LogP contribution in [-0.4, -0.2) is 30.3 Å². The van der Waals surface area contributed by atoms with Crippen molar-refractivity contribution in [3.05, 3.63) is 65.7 Å². The van der Waals surface area contributed by atoms with Crippen molar-refractivity contribution in [2.45, 2.75) is 25.4 Å². The average molecular weight is 451 g/mol. The molecule has 0 aliphatic heterocycles. The SMILES string of the molecule is O=C(CCCC(=O)OCC(=O)Nc1cccc(C(F)(F)F)c1)NNC(=O)c1ccccc1. The van der Waals surface area contributed by atoms with Crippen LogP contribution in [0.1, 0.15) is 35.2 Å². The minimum atomic E-state index is -4.55. The maximum Gasteiger partial charge on any atom is 0.416 e. The highest BCUT2D eigenvalue weighted by molar-refractivity contribution is 5.95. The molecule has 0 spiro atoms. The van der Waals surface area contributed by atoms with Crippen molar-refractivity contribution in [2.24, 2.45) is 0 Å². The molecule has 0 bridgehead atoms. The molecule has 32 heavy (non-hydrogen) atoms. The Morgan fingerprint density at radius 2 is 1.56 bits per heavy atom. The second kappa shape index (κ2) is 11.5. The summed E-state index contributed by atoms with van der Waals surface area (Å²) in [5.74, 6) is -2.58. The zero-order valence-electron chi connectivity index (χ0n) is 16.7. The highest BCUT2D eigenvalue weighted by atomic mass is 19.4. The van der Waals surface area contributed by atoms with Gasteiger partial charge in [-0.2, -0.15) is 13.2 Å². The molecule has 0 unspecified atom stereocenters. The molecule has 0 fully saturated rings. The van der Waals surface area contributed by atoms with E-state index in [2.05, 4.69) is 16.2 Å². The average Bonchev–Trinajstić information content (AvgIpc) is 2.76. The van der Waals surface area contributed by atoms with Gasteiger partial charge in [0.2, 0.25) is 5.91 Å². The molecule has 0 atom stereocenters. The summed E-state index contributed by atoms with van der Waals surface area (Å²) in [6.45, 7) is -0.686. The van der Waals surface area contributed by atoms with Gasteiger partial charge in [-0.1, -0.05) is 24.3 Å². The Hall–Kier alpha value is -3.89. The summed E-state index contributed by atoms with van der Waals surface area (Å²) in [5, 5.41) is 2.20. The van der Waals surface area contributed by atoms with Gasteiger partial charge in [0.15, 0.2) is 6.61 Å². The van der Waals surface area contributed by atoms with E-state index in [4.69, 9.17) is 4.74 Å². The van der Waals surface area contributed by atoms with Crippen LogP contribution in [0.2, 0.25) is 0 Å². The molecule has 3 N–H and O–H groups in total. The molecule has 0 aliphatic rings. The molecular weight excluding hydrogens is 431 g/mol. The van der Waals surface area contributed by atoms with E-state index >= 15 is 0 Å². The monoisotopic (exact) mass is 451 g/mol. The van der Waals surface area contributed by atoms with E-state index in [1.165, 1.54) is 6.07 Å². The molecule has 0 aliphatic carbocycles. The largest absolute Gasteiger partial charge is 0.456 e. The minimum Gasteiger partial charge on any atom is -0.456 e. The number of carbonyl (C=O) groups excluding carboxylic acids is 4. The maximum atomic E-state index is 12.7. The smallest absolute Gasteiger partial charge is 0.416 e. The molecular formula is C21H20F3N3O5. The lowest BCUT2D eigenvalue weighted by Gasteiger charge is -2.10. The highest BCUT2D eigenvalue weighted by Gasteiger charge is 2.30. The predicted molar refractivity (Wildman–Crippen MR) is 107 cm³/mol. The van der Waals surface area contributed by atoms with E-state index in [-0.39, 0.29) is 24.9 Å². The summed E-state index contributed by atoms with van der Waals surface area (Å²) < 4.78 is 42.7. The van der Waals surface area contributed by atoms with Crippen LogP contribution in [0.25, 0.3) is 0 Å². The Kier molecular flexibility index (Phi) is 8.75. The fraction of sp³-hybridized carbons (Fsp3) is 0.238. The minimum absolute atomic E-state index is 0.0827. The number of hydrogen-bond donors (Lipinski definition) is 3. The summed E-state index contributed by atoms with van der Waals surface area (Å²) in [6, 6.07) is 12.2. The number of halogens is 3. The number of nitrogens with one attached hydrogen (secondary N) is 3. The number of anilines is 1. The van der Waals surface area contributed by atoms with Gasteiger partial charge in [0.1, 0.15) is 0 Å². The van der Waals surface area contributed by atoms with Crippen molar-refractivity contribution in [1.82, 2.24) is 10.9 Å². The van der Waals surface area contributed by atoms with Gasteiger partial charge in [-0.25, -0.2) is 0 Å². The number of rotatable bonds is 8. The van der Waals surface area contributed by atoms with Crippen molar-refractivity contribution >= 4 is 29.4 Å². The highest BCUT2D eigenvalue weighted by Crippen LogP contribution is 2.30. The van der Waals surface area contributed by atoms with Crippen LogP contribution in [0.5, 0.6) is 0 Å². The van der Waals surface area contributed by atoms with Crippen LogP contribution in [0.3, 0.4) is 0 Å². The van der Waals surface area contributed by atoms with Crippen molar-refractivity contribution in [3.63, 3.8) is 0 Å². The van der Waals surface area contributed by atoms with Crippen LogP contribution < -0.4 is 16.2 Å². The number of carbonyl (C=O) groups is 4. The third-order valence-electron chi connectivity index (χ3n) is 3.97. The van der Waals surface area contributed by atoms with Crippen molar-refractivity contribution in [1.29, 1.82) is 0 Å². The van der Waals surface area contributed by atoms with E-state index in [9.17, 15) is 32.3 Å². The van der Waals surface area contributed by atoms with Gasteiger partial charge in [-0.15, -0.1) is 0 Å². The van der Waals surface area contributed by atoms with Gasteiger partial charge in [-0.05, 0) is 36.8 Å². The molecule has 0 heterocycles. The molecule has 2 aromatic rings. The lowest BCUT2D eigenvalue weighted by Crippen LogP contribution is -2.41. The summed E-state index contributed by atoms with van der Waals surface area (Å²) in [6.07, 6.45) is -4.71. The van der Waals surface area contributed by atoms with E-state index in [0.717, 1.165) is 18.2 Å². The van der Waals surface area contributed by atoms with Crippen LogP contribution in [0.15, 0.2) is 54.6 Å². The molecule has 0 aromatic heterocycles. The maximum absolute atomic E-state index is 12.7. The van der Waals surface area contributed by atoms with Crippen LogP contribution in [0.4, 0.5) is 18.9 Å². The van der Waals surface area contributed by atoms with Crippen LogP contribution >= 0.6 is 0 Å². The third-order valence-corrected chi connectivity index (χ3v) is 3.97. The molecule has 0 radical (unpaired) electrons. The van der Waals surface area contributed by atoms with Gasteiger partial charge in [0.05, 0.1) is 5.56 Å². The summed E-state index contributed by atoms with van der Waals surface area (Å²) in [5.41, 5.74) is 3.80. The summed E-state index contributed by atoms with van der Waals surface area (Å²) in [4.78, 5) is 46.9. The van der Waals surface area contributed by atoms with E-state index in [1.807, 2.05) is 0 Å². The first-order chi connectivity index (χ1) is 15.1. The number of hydrogen-bond acceptors (Lipinski definition) is 5.